The Morgan fingerprint density at radius 2 is 1.63 bits per heavy atom. The number of esters is 1. The smallest absolute Gasteiger partial charge is 0.339 e. The highest BCUT2D eigenvalue weighted by molar-refractivity contribution is 5.93. The molecule has 0 saturated heterocycles. The summed E-state index contributed by atoms with van der Waals surface area (Å²) in [6, 6.07) is 3.13. The molecular weight excluding hydrogens is 350 g/mol. The van der Waals surface area contributed by atoms with E-state index in [0.29, 0.717) is 23.2 Å². The standard InChI is InChI=1S/C20H29NO6/c1-12-8-6-7-9-15(12)21-19(22)13(2)27-20(23)14-10-16(24-3)18(26-5)17(11-14)25-4/h10-13,15H,6-9H2,1-5H3,(H,21,22)/t12-,13-,15-/m1/s1. The normalized spacial score (nSPS) is 20.3. The molecule has 27 heavy (non-hydrogen) atoms. The minimum atomic E-state index is -0.897. The van der Waals surface area contributed by atoms with Crippen LogP contribution in [0.15, 0.2) is 12.1 Å². The van der Waals surface area contributed by atoms with Crippen molar-refractivity contribution in [1.29, 1.82) is 0 Å². The quantitative estimate of drug-likeness (QED) is 0.734. The summed E-state index contributed by atoms with van der Waals surface area (Å²) in [6.45, 7) is 3.70. The van der Waals surface area contributed by atoms with Crippen molar-refractivity contribution in [2.75, 3.05) is 21.3 Å². The van der Waals surface area contributed by atoms with E-state index in [1.165, 1.54) is 39.9 Å². The molecular formula is C20H29NO6. The molecule has 7 nitrogen and oxygen atoms in total. The first-order chi connectivity index (χ1) is 12.9. The van der Waals surface area contributed by atoms with Crippen molar-refractivity contribution in [3.05, 3.63) is 17.7 Å². The van der Waals surface area contributed by atoms with E-state index in [0.717, 1.165) is 19.3 Å². The number of hydrogen-bond donors (Lipinski definition) is 1. The van der Waals surface area contributed by atoms with Crippen LogP contribution in [0.3, 0.4) is 0 Å². The summed E-state index contributed by atoms with van der Waals surface area (Å²) < 4.78 is 21.1. The fraction of sp³-hybridized carbons (Fsp3) is 0.600. The molecule has 0 aromatic heterocycles. The molecule has 1 aromatic carbocycles. The van der Waals surface area contributed by atoms with E-state index in [1.807, 2.05) is 0 Å². The second kappa shape index (κ2) is 9.48. The van der Waals surface area contributed by atoms with Crippen molar-refractivity contribution in [1.82, 2.24) is 5.32 Å². The molecule has 0 heterocycles. The molecule has 1 aliphatic rings. The van der Waals surface area contributed by atoms with Gasteiger partial charge < -0.3 is 24.3 Å². The molecule has 1 amide bonds. The van der Waals surface area contributed by atoms with Crippen molar-refractivity contribution in [3.63, 3.8) is 0 Å². The highest BCUT2D eigenvalue weighted by Crippen LogP contribution is 2.38. The molecule has 7 heteroatoms. The summed E-state index contributed by atoms with van der Waals surface area (Å²) in [7, 11) is 4.42. The third-order valence-electron chi connectivity index (χ3n) is 4.99. The molecule has 150 valence electrons. The number of carbonyl (C=O) groups excluding carboxylic acids is 2. The van der Waals surface area contributed by atoms with Gasteiger partial charge in [0, 0.05) is 6.04 Å². The summed E-state index contributed by atoms with van der Waals surface area (Å²) in [6.07, 6.45) is 3.46. The second-order valence-electron chi connectivity index (χ2n) is 6.84. The topological polar surface area (TPSA) is 83.1 Å². The van der Waals surface area contributed by atoms with Gasteiger partial charge in [-0.05, 0) is 37.8 Å². The first-order valence-corrected chi connectivity index (χ1v) is 9.22. The zero-order chi connectivity index (χ0) is 20.0. The lowest BCUT2D eigenvalue weighted by Crippen LogP contribution is -2.45. The maximum Gasteiger partial charge on any atom is 0.339 e. The predicted molar refractivity (Wildman–Crippen MR) is 101 cm³/mol. The molecule has 2 rings (SSSR count). The summed E-state index contributed by atoms with van der Waals surface area (Å²) in [4.78, 5) is 24.9. The minimum Gasteiger partial charge on any atom is -0.493 e. The van der Waals surface area contributed by atoms with Gasteiger partial charge in [0.05, 0.1) is 26.9 Å². The Kier molecular flexibility index (Phi) is 7.33. The van der Waals surface area contributed by atoms with Crippen LogP contribution in [-0.2, 0) is 9.53 Å². The molecule has 0 bridgehead atoms. The zero-order valence-electron chi connectivity index (χ0n) is 16.7. The Morgan fingerprint density at radius 1 is 1.04 bits per heavy atom. The summed E-state index contributed by atoms with van der Waals surface area (Å²) in [5.74, 6) is 0.589. The van der Waals surface area contributed by atoms with Crippen LogP contribution in [0.1, 0.15) is 49.9 Å². The summed E-state index contributed by atoms with van der Waals surface area (Å²) >= 11 is 0. The number of ether oxygens (including phenoxy) is 4. The minimum absolute atomic E-state index is 0.133. The van der Waals surface area contributed by atoms with Crippen LogP contribution >= 0.6 is 0 Å². The van der Waals surface area contributed by atoms with E-state index in [-0.39, 0.29) is 17.5 Å². The number of benzene rings is 1. The Balaban J connectivity index is 2.06. The van der Waals surface area contributed by atoms with E-state index < -0.39 is 12.1 Å². The van der Waals surface area contributed by atoms with Crippen molar-refractivity contribution in [2.24, 2.45) is 5.92 Å². The summed E-state index contributed by atoms with van der Waals surface area (Å²) in [5.41, 5.74) is 0.218. The molecule has 0 spiro atoms. The Bertz CT molecular complexity index is 649. The zero-order valence-corrected chi connectivity index (χ0v) is 16.7. The SMILES string of the molecule is COc1cc(C(=O)O[C@H](C)C(=O)N[C@@H]2CCCC[C@H]2C)cc(OC)c1OC. The van der Waals surface area contributed by atoms with Crippen LogP contribution in [-0.4, -0.2) is 45.4 Å². The Morgan fingerprint density at radius 3 is 2.15 bits per heavy atom. The van der Waals surface area contributed by atoms with E-state index in [9.17, 15) is 9.59 Å². The number of methoxy groups -OCH3 is 3. The Hall–Kier alpha value is -2.44. The van der Waals surface area contributed by atoms with Gasteiger partial charge in [0.25, 0.3) is 5.91 Å². The molecule has 0 radical (unpaired) electrons. The van der Waals surface area contributed by atoms with Crippen LogP contribution in [0.2, 0.25) is 0 Å². The maximum absolute atomic E-state index is 12.5. The van der Waals surface area contributed by atoms with Gasteiger partial charge in [-0.15, -0.1) is 0 Å². The molecule has 1 aliphatic carbocycles. The molecule has 1 N–H and O–H groups in total. The van der Waals surface area contributed by atoms with E-state index in [2.05, 4.69) is 12.2 Å². The summed E-state index contributed by atoms with van der Waals surface area (Å²) in [5, 5.41) is 3.00. The van der Waals surface area contributed by atoms with Crippen LogP contribution < -0.4 is 19.5 Å². The van der Waals surface area contributed by atoms with Gasteiger partial charge in [-0.25, -0.2) is 4.79 Å². The first kappa shape index (κ1) is 20.9. The lowest BCUT2D eigenvalue weighted by Gasteiger charge is -2.30. The molecule has 1 saturated carbocycles. The average molecular weight is 379 g/mol. The van der Waals surface area contributed by atoms with Gasteiger partial charge in [0.15, 0.2) is 17.6 Å². The average Bonchev–Trinajstić information content (AvgIpc) is 2.68. The highest BCUT2D eigenvalue weighted by Gasteiger charge is 2.27. The van der Waals surface area contributed by atoms with Crippen molar-refractivity contribution >= 4 is 11.9 Å². The number of carbonyl (C=O) groups is 2. The molecule has 1 aromatic rings. The van der Waals surface area contributed by atoms with Crippen LogP contribution in [0.5, 0.6) is 17.2 Å². The molecule has 0 unspecified atom stereocenters. The van der Waals surface area contributed by atoms with Crippen LogP contribution in [0.25, 0.3) is 0 Å². The van der Waals surface area contributed by atoms with Gasteiger partial charge in [-0.3, -0.25) is 4.79 Å². The van der Waals surface area contributed by atoms with Crippen molar-refractivity contribution in [3.8, 4) is 17.2 Å². The molecule has 3 atom stereocenters. The number of nitrogens with one attached hydrogen (secondary N) is 1. The van der Waals surface area contributed by atoms with Gasteiger partial charge >= 0.3 is 5.97 Å². The third-order valence-corrected chi connectivity index (χ3v) is 4.99. The fourth-order valence-corrected chi connectivity index (χ4v) is 3.31. The molecule has 0 aliphatic heterocycles. The second-order valence-corrected chi connectivity index (χ2v) is 6.84. The maximum atomic E-state index is 12.5. The first-order valence-electron chi connectivity index (χ1n) is 9.22. The number of amides is 1. The monoisotopic (exact) mass is 379 g/mol. The fourth-order valence-electron chi connectivity index (χ4n) is 3.31. The largest absolute Gasteiger partial charge is 0.493 e. The highest BCUT2D eigenvalue weighted by atomic mass is 16.5. The predicted octanol–water partition coefficient (Wildman–Crippen LogP) is 2.95. The van der Waals surface area contributed by atoms with Gasteiger partial charge in [0.2, 0.25) is 5.75 Å². The molecule has 1 fully saturated rings. The van der Waals surface area contributed by atoms with E-state index >= 15 is 0 Å². The lowest BCUT2D eigenvalue weighted by molar-refractivity contribution is -0.130. The van der Waals surface area contributed by atoms with Crippen LogP contribution in [0, 0.1) is 5.92 Å². The van der Waals surface area contributed by atoms with E-state index in [4.69, 9.17) is 18.9 Å². The third kappa shape index (κ3) is 5.05. The number of hydrogen-bond acceptors (Lipinski definition) is 6. The van der Waals surface area contributed by atoms with E-state index in [1.54, 1.807) is 6.92 Å². The van der Waals surface area contributed by atoms with Gasteiger partial charge in [-0.1, -0.05) is 19.8 Å². The van der Waals surface area contributed by atoms with Crippen molar-refractivity contribution < 1.29 is 28.5 Å². The van der Waals surface area contributed by atoms with Gasteiger partial charge in [-0.2, -0.15) is 0 Å². The van der Waals surface area contributed by atoms with Crippen LogP contribution in [0.4, 0.5) is 0 Å². The number of rotatable bonds is 7. The lowest BCUT2D eigenvalue weighted by atomic mass is 9.86. The van der Waals surface area contributed by atoms with Gasteiger partial charge in [0.1, 0.15) is 0 Å². The van der Waals surface area contributed by atoms with Crippen molar-refractivity contribution in [2.45, 2.75) is 51.7 Å². The Labute approximate surface area is 160 Å².